The number of hydrogen-bond acceptors (Lipinski definition) is 3. The Morgan fingerprint density at radius 1 is 1.09 bits per heavy atom. The molecule has 0 aliphatic carbocycles. The van der Waals surface area contributed by atoms with Gasteiger partial charge in [0.05, 0.1) is 36.2 Å². The van der Waals surface area contributed by atoms with Crippen LogP contribution in [-0.4, -0.2) is 33.1 Å². The molecule has 1 aliphatic rings. The highest BCUT2D eigenvalue weighted by Gasteiger charge is 2.44. The second-order valence-electron chi connectivity index (χ2n) is 9.94. The van der Waals surface area contributed by atoms with Crippen molar-refractivity contribution in [1.82, 2.24) is 14.5 Å². The third-order valence-electron chi connectivity index (χ3n) is 6.64. The van der Waals surface area contributed by atoms with Gasteiger partial charge >= 0.3 is 6.03 Å². The molecule has 1 aliphatic heterocycles. The molecule has 6 nitrogen and oxygen atoms in total. The highest BCUT2D eigenvalue weighted by atomic mass is 16.2. The monoisotopic (exact) mass is 441 g/mol. The van der Waals surface area contributed by atoms with Crippen LogP contribution in [0, 0.1) is 30.6 Å². The van der Waals surface area contributed by atoms with Crippen LogP contribution in [0.5, 0.6) is 0 Å². The standard InChI is InChI=1S/C27H31N5O/c1-19-7-6-8-24(20(19)2)31-17-25(27(3,4)5)32(26(31)33)16-23-14-29-18-30(23)15-22-11-9-21(13-28)10-12-22/h6-12,14,18,25H,15-17H2,1-5H3. The van der Waals surface area contributed by atoms with Crippen LogP contribution < -0.4 is 4.90 Å². The van der Waals surface area contributed by atoms with Gasteiger partial charge in [-0.1, -0.05) is 45.0 Å². The van der Waals surface area contributed by atoms with Crippen LogP contribution in [0.25, 0.3) is 0 Å². The topological polar surface area (TPSA) is 65.2 Å². The summed E-state index contributed by atoms with van der Waals surface area (Å²) in [5.41, 5.74) is 5.97. The van der Waals surface area contributed by atoms with Gasteiger partial charge in [0.25, 0.3) is 0 Å². The molecule has 1 saturated heterocycles. The Labute approximate surface area is 196 Å². The molecule has 1 atom stereocenters. The molecule has 1 aromatic heterocycles. The summed E-state index contributed by atoms with van der Waals surface area (Å²) in [4.78, 5) is 22.0. The number of nitriles is 1. The van der Waals surface area contributed by atoms with Crippen molar-refractivity contribution in [3.8, 4) is 6.07 Å². The zero-order valence-electron chi connectivity index (χ0n) is 20.0. The molecule has 170 valence electrons. The Morgan fingerprint density at radius 3 is 2.48 bits per heavy atom. The Hall–Kier alpha value is -3.59. The quantitative estimate of drug-likeness (QED) is 0.541. The van der Waals surface area contributed by atoms with Gasteiger partial charge in [-0.05, 0) is 54.2 Å². The first-order valence-corrected chi connectivity index (χ1v) is 11.3. The number of anilines is 1. The average Bonchev–Trinajstić information content (AvgIpc) is 3.35. The zero-order chi connectivity index (χ0) is 23.8. The Morgan fingerprint density at radius 2 is 1.82 bits per heavy atom. The van der Waals surface area contributed by atoms with Crippen LogP contribution in [0.15, 0.2) is 55.0 Å². The summed E-state index contributed by atoms with van der Waals surface area (Å²) in [6, 6.07) is 16.0. The molecule has 2 heterocycles. The van der Waals surface area contributed by atoms with E-state index in [0.717, 1.165) is 22.5 Å². The molecule has 2 aromatic carbocycles. The second kappa shape index (κ2) is 8.74. The molecule has 0 saturated carbocycles. The van der Waals surface area contributed by atoms with Crippen molar-refractivity contribution in [3.63, 3.8) is 0 Å². The molecule has 2 amide bonds. The third-order valence-corrected chi connectivity index (χ3v) is 6.64. The first kappa shape index (κ1) is 22.6. The first-order chi connectivity index (χ1) is 15.7. The van der Waals surface area contributed by atoms with Crippen LogP contribution >= 0.6 is 0 Å². The summed E-state index contributed by atoms with van der Waals surface area (Å²) in [5, 5.41) is 9.03. The molecular weight excluding hydrogens is 410 g/mol. The number of carbonyl (C=O) groups excluding carboxylic acids is 1. The molecular formula is C27H31N5O. The highest BCUT2D eigenvalue weighted by Crippen LogP contribution is 2.36. The van der Waals surface area contributed by atoms with Gasteiger partial charge in [0.2, 0.25) is 0 Å². The fourth-order valence-corrected chi connectivity index (χ4v) is 4.46. The van der Waals surface area contributed by atoms with E-state index in [9.17, 15) is 4.79 Å². The molecule has 3 aromatic rings. The summed E-state index contributed by atoms with van der Waals surface area (Å²) >= 11 is 0. The van der Waals surface area contributed by atoms with Gasteiger partial charge in [0.1, 0.15) is 0 Å². The van der Waals surface area contributed by atoms with Crippen LogP contribution in [-0.2, 0) is 13.1 Å². The van der Waals surface area contributed by atoms with Crippen LogP contribution in [0.4, 0.5) is 10.5 Å². The molecule has 6 heteroatoms. The number of imidazole rings is 1. The lowest BCUT2D eigenvalue weighted by atomic mass is 9.86. The zero-order valence-corrected chi connectivity index (χ0v) is 20.0. The van der Waals surface area contributed by atoms with Gasteiger partial charge in [0, 0.05) is 25.0 Å². The minimum Gasteiger partial charge on any atom is -0.329 e. The van der Waals surface area contributed by atoms with Crippen LogP contribution in [0.3, 0.4) is 0 Å². The largest absolute Gasteiger partial charge is 0.329 e. The molecule has 0 N–H and O–H groups in total. The first-order valence-electron chi connectivity index (χ1n) is 11.3. The number of benzene rings is 2. The minimum atomic E-state index is -0.0693. The maximum Gasteiger partial charge on any atom is 0.325 e. The van der Waals surface area contributed by atoms with Crippen molar-refractivity contribution in [2.75, 3.05) is 11.4 Å². The van der Waals surface area contributed by atoms with Gasteiger partial charge in [-0.3, -0.25) is 4.90 Å². The summed E-state index contributed by atoms with van der Waals surface area (Å²) in [5.74, 6) is 0. The lowest BCUT2D eigenvalue weighted by Gasteiger charge is -2.33. The number of nitrogens with zero attached hydrogens (tertiary/aromatic N) is 5. The number of amides is 2. The van der Waals surface area contributed by atoms with E-state index in [2.05, 4.69) is 56.3 Å². The maximum atomic E-state index is 13.7. The molecule has 1 unspecified atom stereocenters. The van der Waals surface area contributed by atoms with Gasteiger partial charge < -0.3 is 9.47 Å². The third kappa shape index (κ3) is 4.49. The lowest BCUT2D eigenvalue weighted by molar-refractivity contribution is 0.148. The van der Waals surface area contributed by atoms with E-state index in [1.807, 2.05) is 58.7 Å². The smallest absolute Gasteiger partial charge is 0.325 e. The van der Waals surface area contributed by atoms with E-state index >= 15 is 0 Å². The van der Waals surface area contributed by atoms with Crippen molar-refractivity contribution in [3.05, 3.63) is 82.9 Å². The van der Waals surface area contributed by atoms with E-state index in [1.165, 1.54) is 5.56 Å². The SMILES string of the molecule is Cc1cccc(N2CC(C(C)(C)C)N(Cc3cncn3Cc3ccc(C#N)cc3)C2=O)c1C. The average molecular weight is 442 g/mol. The van der Waals surface area contributed by atoms with Gasteiger partial charge in [-0.25, -0.2) is 9.78 Å². The molecule has 33 heavy (non-hydrogen) atoms. The fourth-order valence-electron chi connectivity index (χ4n) is 4.46. The fraction of sp³-hybridized carbons (Fsp3) is 0.370. The highest BCUT2D eigenvalue weighted by molar-refractivity contribution is 5.95. The van der Waals surface area contributed by atoms with E-state index in [-0.39, 0.29) is 17.5 Å². The van der Waals surface area contributed by atoms with Crippen LogP contribution in [0.2, 0.25) is 0 Å². The van der Waals surface area contributed by atoms with Crippen molar-refractivity contribution in [2.24, 2.45) is 5.41 Å². The van der Waals surface area contributed by atoms with Crippen molar-refractivity contribution >= 4 is 11.7 Å². The number of aromatic nitrogens is 2. The van der Waals surface area contributed by atoms with E-state index in [1.54, 1.807) is 0 Å². The Balaban J connectivity index is 1.61. The Kier molecular flexibility index (Phi) is 5.99. The van der Waals surface area contributed by atoms with Crippen molar-refractivity contribution in [2.45, 2.75) is 53.8 Å². The normalized spacial score (nSPS) is 16.4. The number of urea groups is 1. The molecule has 1 fully saturated rings. The lowest BCUT2D eigenvalue weighted by Crippen LogP contribution is -2.42. The number of aryl methyl sites for hydroxylation is 1. The summed E-state index contributed by atoms with van der Waals surface area (Å²) in [6.45, 7) is 12.5. The molecule has 0 radical (unpaired) electrons. The summed E-state index contributed by atoms with van der Waals surface area (Å²) in [6.07, 6.45) is 3.65. The second-order valence-corrected chi connectivity index (χ2v) is 9.94. The van der Waals surface area contributed by atoms with E-state index < -0.39 is 0 Å². The molecule has 0 bridgehead atoms. The predicted octanol–water partition coefficient (Wildman–Crippen LogP) is 5.28. The molecule has 0 spiro atoms. The number of rotatable bonds is 5. The summed E-state index contributed by atoms with van der Waals surface area (Å²) < 4.78 is 2.08. The van der Waals surface area contributed by atoms with E-state index in [4.69, 9.17) is 5.26 Å². The number of hydrogen-bond donors (Lipinski definition) is 0. The van der Waals surface area contributed by atoms with Crippen molar-refractivity contribution in [1.29, 1.82) is 5.26 Å². The summed E-state index contributed by atoms with van der Waals surface area (Å²) in [7, 11) is 0. The number of carbonyl (C=O) groups is 1. The van der Waals surface area contributed by atoms with E-state index in [0.29, 0.717) is 25.2 Å². The van der Waals surface area contributed by atoms with Gasteiger partial charge in [0.15, 0.2) is 0 Å². The van der Waals surface area contributed by atoms with Crippen LogP contribution in [0.1, 0.15) is 48.7 Å². The van der Waals surface area contributed by atoms with Crippen molar-refractivity contribution < 1.29 is 4.79 Å². The predicted molar refractivity (Wildman–Crippen MR) is 130 cm³/mol. The maximum absolute atomic E-state index is 13.7. The van der Waals surface area contributed by atoms with Gasteiger partial charge in [-0.2, -0.15) is 5.26 Å². The minimum absolute atomic E-state index is 0.0368. The Bertz CT molecular complexity index is 1200. The molecule has 4 rings (SSSR count). The van der Waals surface area contributed by atoms with Gasteiger partial charge in [-0.15, -0.1) is 0 Å².